The van der Waals surface area contributed by atoms with E-state index in [-0.39, 0.29) is 6.04 Å². The maximum Gasteiger partial charge on any atom is 0.125 e. The molecule has 0 saturated carbocycles. The Kier molecular flexibility index (Phi) is 5.91. The zero-order valence-electron chi connectivity index (χ0n) is 13.3. The van der Waals surface area contributed by atoms with E-state index in [1.54, 1.807) is 7.11 Å². The molecule has 0 radical (unpaired) electrons. The molecule has 1 unspecified atom stereocenters. The molecule has 1 aromatic rings. The second kappa shape index (κ2) is 7.48. The van der Waals surface area contributed by atoms with Crippen molar-refractivity contribution >= 4 is 11.6 Å². The Morgan fingerprint density at radius 1 is 1.33 bits per heavy atom. The van der Waals surface area contributed by atoms with Crippen molar-refractivity contribution in [2.45, 2.75) is 32.7 Å². The van der Waals surface area contributed by atoms with E-state index in [2.05, 4.69) is 18.7 Å². The van der Waals surface area contributed by atoms with Crippen LogP contribution in [-0.2, 0) is 0 Å². The molecule has 1 atom stereocenters. The Bertz CT molecular complexity index is 456. The van der Waals surface area contributed by atoms with Crippen LogP contribution in [0.5, 0.6) is 5.75 Å². The van der Waals surface area contributed by atoms with Crippen LogP contribution in [0, 0.1) is 11.8 Å². The minimum Gasteiger partial charge on any atom is -0.496 e. The van der Waals surface area contributed by atoms with Gasteiger partial charge in [0.25, 0.3) is 0 Å². The van der Waals surface area contributed by atoms with Gasteiger partial charge in [-0.2, -0.15) is 0 Å². The van der Waals surface area contributed by atoms with E-state index in [9.17, 15) is 0 Å². The molecule has 4 heteroatoms. The molecular weight excluding hydrogens is 284 g/mol. The summed E-state index contributed by atoms with van der Waals surface area (Å²) in [6.07, 6.45) is 2.47. The number of nitrogens with zero attached hydrogens (tertiary/aromatic N) is 1. The van der Waals surface area contributed by atoms with Crippen LogP contribution in [0.4, 0.5) is 0 Å². The number of piperidine rings is 1. The maximum absolute atomic E-state index is 6.42. The van der Waals surface area contributed by atoms with Gasteiger partial charge in [0.1, 0.15) is 5.75 Å². The van der Waals surface area contributed by atoms with Gasteiger partial charge in [-0.05, 0) is 49.9 Å². The fourth-order valence-corrected chi connectivity index (χ4v) is 3.66. The van der Waals surface area contributed by atoms with Gasteiger partial charge in [-0.25, -0.2) is 0 Å². The molecule has 0 bridgehead atoms. The van der Waals surface area contributed by atoms with Gasteiger partial charge in [0.2, 0.25) is 0 Å². The van der Waals surface area contributed by atoms with Gasteiger partial charge >= 0.3 is 0 Å². The molecule has 1 aliphatic heterocycles. The van der Waals surface area contributed by atoms with Crippen LogP contribution in [0.3, 0.4) is 0 Å². The van der Waals surface area contributed by atoms with Crippen molar-refractivity contribution < 1.29 is 4.74 Å². The fourth-order valence-electron chi connectivity index (χ4n) is 3.37. The van der Waals surface area contributed by atoms with Gasteiger partial charge < -0.3 is 10.5 Å². The van der Waals surface area contributed by atoms with Gasteiger partial charge in [-0.3, -0.25) is 4.90 Å². The number of nitrogens with two attached hydrogens (primary N) is 1. The van der Waals surface area contributed by atoms with Crippen molar-refractivity contribution in [3.63, 3.8) is 0 Å². The number of benzene rings is 1. The van der Waals surface area contributed by atoms with Gasteiger partial charge in [0.15, 0.2) is 0 Å². The van der Waals surface area contributed by atoms with Crippen molar-refractivity contribution in [1.29, 1.82) is 0 Å². The summed E-state index contributed by atoms with van der Waals surface area (Å²) < 4.78 is 5.49. The standard InChI is InChI=1S/C17H27ClN2O/c1-12(2)13-7-9-20(10-8-13)15(11-19)17-14(18)5-4-6-16(17)21-3/h4-6,12-13,15H,7-11,19H2,1-3H3. The number of halogens is 1. The number of hydrogen-bond acceptors (Lipinski definition) is 3. The summed E-state index contributed by atoms with van der Waals surface area (Å²) in [6.45, 7) is 7.36. The molecule has 0 spiro atoms. The Balaban J connectivity index is 2.18. The average Bonchev–Trinajstić information content (AvgIpc) is 2.50. The van der Waals surface area contributed by atoms with Crippen LogP contribution in [0.25, 0.3) is 0 Å². The van der Waals surface area contributed by atoms with Crippen molar-refractivity contribution in [1.82, 2.24) is 4.90 Å². The lowest BCUT2D eigenvalue weighted by molar-refractivity contribution is 0.116. The number of rotatable bonds is 5. The molecular formula is C17H27ClN2O. The zero-order chi connectivity index (χ0) is 15.4. The van der Waals surface area contributed by atoms with Crippen LogP contribution >= 0.6 is 11.6 Å². The first-order chi connectivity index (χ1) is 10.1. The van der Waals surface area contributed by atoms with Crippen molar-refractivity contribution in [2.75, 3.05) is 26.7 Å². The molecule has 1 aliphatic rings. The van der Waals surface area contributed by atoms with Crippen LogP contribution < -0.4 is 10.5 Å². The van der Waals surface area contributed by atoms with E-state index >= 15 is 0 Å². The Morgan fingerprint density at radius 2 is 2.00 bits per heavy atom. The van der Waals surface area contributed by atoms with E-state index < -0.39 is 0 Å². The van der Waals surface area contributed by atoms with Gasteiger partial charge in [-0.1, -0.05) is 31.5 Å². The third kappa shape index (κ3) is 3.71. The monoisotopic (exact) mass is 310 g/mol. The Hall–Kier alpha value is -0.770. The zero-order valence-corrected chi connectivity index (χ0v) is 14.1. The lowest BCUT2D eigenvalue weighted by Gasteiger charge is -2.39. The lowest BCUT2D eigenvalue weighted by atomic mass is 9.86. The first-order valence-corrected chi connectivity index (χ1v) is 8.22. The number of hydrogen-bond donors (Lipinski definition) is 1. The fraction of sp³-hybridized carbons (Fsp3) is 0.647. The highest BCUT2D eigenvalue weighted by atomic mass is 35.5. The second-order valence-electron chi connectivity index (χ2n) is 6.22. The molecule has 3 nitrogen and oxygen atoms in total. The quantitative estimate of drug-likeness (QED) is 0.901. The smallest absolute Gasteiger partial charge is 0.125 e. The summed E-state index contributed by atoms with van der Waals surface area (Å²) in [5.74, 6) is 2.43. The normalized spacial score (nSPS) is 19.0. The van der Waals surface area contributed by atoms with Crippen molar-refractivity contribution in [3.8, 4) is 5.75 Å². The molecule has 21 heavy (non-hydrogen) atoms. The van der Waals surface area contributed by atoms with Gasteiger partial charge in [0.05, 0.1) is 13.2 Å². The summed E-state index contributed by atoms with van der Waals surface area (Å²) >= 11 is 6.42. The largest absolute Gasteiger partial charge is 0.496 e. The van der Waals surface area contributed by atoms with E-state index in [4.69, 9.17) is 22.1 Å². The van der Waals surface area contributed by atoms with Gasteiger partial charge in [-0.15, -0.1) is 0 Å². The third-order valence-electron chi connectivity index (χ3n) is 4.75. The Morgan fingerprint density at radius 3 is 2.52 bits per heavy atom. The molecule has 0 aliphatic carbocycles. The predicted octanol–water partition coefficient (Wildman–Crippen LogP) is 3.72. The average molecular weight is 311 g/mol. The highest BCUT2D eigenvalue weighted by Gasteiger charge is 2.29. The molecule has 0 amide bonds. The van der Waals surface area contributed by atoms with E-state index in [0.717, 1.165) is 41.3 Å². The van der Waals surface area contributed by atoms with Crippen molar-refractivity contribution in [3.05, 3.63) is 28.8 Å². The summed E-state index contributed by atoms with van der Waals surface area (Å²) in [4.78, 5) is 2.46. The summed E-state index contributed by atoms with van der Waals surface area (Å²) in [5, 5.41) is 0.746. The number of ether oxygens (including phenoxy) is 1. The molecule has 0 aromatic heterocycles. The number of likely N-dealkylation sites (tertiary alicyclic amines) is 1. The first kappa shape index (κ1) is 16.6. The molecule has 1 aromatic carbocycles. The second-order valence-corrected chi connectivity index (χ2v) is 6.63. The summed E-state index contributed by atoms with van der Waals surface area (Å²) in [7, 11) is 1.69. The van der Waals surface area contributed by atoms with Crippen molar-refractivity contribution in [2.24, 2.45) is 17.6 Å². The molecule has 1 heterocycles. The SMILES string of the molecule is COc1cccc(Cl)c1C(CN)N1CCC(C(C)C)CC1. The maximum atomic E-state index is 6.42. The van der Waals surface area contributed by atoms with Crippen LogP contribution in [-0.4, -0.2) is 31.6 Å². The highest BCUT2D eigenvalue weighted by molar-refractivity contribution is 6.31. The van der Waals surface area contributed by atoms with E-state index in [0.29, 0.717) is 6.54 Å². The predicted molar refractivity (Wildman–Crippen MR) is 88.9 cm³/mol. The molecule has 2 N–H and O–H groups in total. The topological polar surface area (TPSA) is 38.5 Å². The molecule has 1 saturated heterocycles. The summed E-state index contributed by atoms with van der Waals surface area (Å²) in [5.41, 5.74) is 7.10. The first-order valence-electron chi connectivity index (χ1n) is 7.85. The minimum absolute atomic E-state index is 0.141. The highest BCUT2D eigenvalue weighted by Crippen LogP contribution is 2.37. The minimum atomic E-state index is 0.141. The molecule has 2 rings (SSSR count). The van der Waals surface area contributed by atoms with E-state index in [1.807, 2.05) is 18.2 Å². The molecule has 118 valence electrons. The lowest BCUT2D eigenvalue weighted by Crippen LogP contribution is -2.41. The van der Waals surface area contributed by atoms with Crippen LogP contribution in [0.1, 0.15) is 38.3 Å². The summed E-state index contributed by atoms with van der Waals surface area (Å²) in [6, 6.07) is 5.94. The molecule has 1 fully saturated rings. The number of methoxy groups -OCH3 is 1. The third-order valence-corrected chi connectivity index (χ3v) is 5.08. The van der Waals surface area contributed by atoms with E-state index in [1.165, 1.54) is 12.8 Å². The van der Waals surface area contributed by atoms with Gasteiger partial charge in [0, 0.05) is 17.1 Å². The van der Waals surface area contributed by atoms with Crippen LogP contribution in [0.2, 0.25) is 5.02 Å². The van der Waals surface area contributed by atoms with Crippen LogP contribution in [0.15, 0.2) is 18.2 Å². The Labute approximate surface area is 133 Å².